The van der Waals surface area contributed by atoms with Crippen LogP contribution in [-0.4, -0.2) is 15.0 Å². The highest BCUT2D eigenvalue weighted by atomic mass is 14.7. The van der Waals surface area contributed by atoms with Crippen molar-refractivity contribution in [3.63, 3.8) is 0 Å². The summed E-state index contributed by atoms with van der Waals surface area (Å²) in [6, 6.07) is 19.1. The molecule has 49 heavy (non-hydrogen) atoms. The molecule has 0 aliphatic heterocycles. The van der Waals surface area contributed by atoms with Crippen molar-refractivity contribution in [2.24, 2.45) is 5.92 Å². The van der Waals surface area contributed by atoms with Crippen LogP contribution in [0.4, 0.5) is 0 Å². The molecule has 0 bridgehead atoms. The van der Waals surface area contributed by atoms with Crippen LogP contribution in [0.2, 0.25) is 0 Å². The van der Waals surface area contributed by atoms with Crippen LogP contribution in [0.1, 0.15) is 64.7 Å². The van der Waals surface area contributed by atoms with Crippen LogP contribution in [0.3, 0.4) is 0 Å². The predicted molar refractivity (Wildman–Crippen MR) is 208 cm³/mol. The van der Waals surface area contributed by atoms with Gasteiger partial charge in [0.2, 0.25) is 0 Å². The fourth-order valence-electron chi connectivity index (χ4n) is 6.43. The minimum Gasteiger partial charge on any atom is -0.265 e. The van der Waals surface area contributed by atoms with Gasteiger partial charge in [0.05, 0.1) is 17.1 Å². The van der Waals surface area contributed by atoms with Crippen molar-refractivity contribution in [2.45, 2.75) is 39.5 Å². The Morgan fingerprint density at radius 3 is 2.59 bits per heavy atom. The summed E-state index contributed by atoms with van der Waals surface area (Å²) in [6.07, 6.45) is 39.3. The van der Waals surface area contributed by atoms with Crippen LogP contribution < -0.4 is 0 Å². The van der Waals surface area contributed by atoms with Gasteiger partial charge in [-0.25, -0.2) is 4.98 Å². The van der Waals surface area contributed by atoms with Gasteiger partial charge < -0.3 is 0 Å². The van der Waals surface area contributed by atoms with Gasteiger partial charge >= 0.3 is 0 Å². The number of hydrogen-bond acceptors (Lipinski definition) is 3. The van der Waals surface area contributed by atoms with E-state index < -0.39 is 0 Å². The van der Waals surface area contributed by atoms with E-state index in [1.54, 1.807) is 0 Å². The zero-order valence-corrected chi connectivity index (χ0v) is 28.5. The average molecular weight is 638 g/mol. The monoisotopic (exact) mass is 637 g/mol. The van der Waals surface area contributed by atoms with Gasteiger partial charge in [0.1, 0.15) is 0 Å². The third-order valence-corrected chi connectivity index (χ3v) is 8.98. The quantitative estimate of drug-likeness (QED) is 0.171. The van der Waals surface area contributed by atoms with Crippen molar-refractivity contribution >= 4 is 17.7 Å². The number of pyridine rings is 3. The first-order valence-electron chi connectivity index (χ1n) is 17.1. The fourth-order valence-corrected chi connectivity index (χ4v) is 6.43. The Bertz CT molecular complexity index is 2050. The zero-order valence-electron chi connectivity index (χ0n) is 28.5. The molecule has 0 fully saturated rings. The number of allylic oxidation sites excluding steroid dienone is 14. The Kier molecular flexibility index (Phi) is 11.1. The maximum Gasteiger partial charge on any atom is 0.0793 e. The molecule has 0 spiro atoms. The van der Waals surface area contributed by atoms with E-state index in [2.05, 4.69) is 147 Å². The number of fused-ring (bicyclic) bond motifs is 1. The second kappa shape index (κ2) is 16.4. The number of aromatic nitrogens is 3. The molecule has 6 rings (SSSR count). The van der Waals surface area contributed by atoms with E-state index in [1.165, 1.54) is 39.0 Å². The first-order chi connectivity index (χ1) is 24.1. The van der Waals surface area contributed by atoms with E-state index in [1.807, 2.05) is 36.7 Å². The highest BCUT2D eigenvalue weighted by molar-refractivity contribution is 5.89. The standard InChI is InChI=1S/C46H43N3/c1-4-5-6-9-14-27-43-35(3)40-24-12-10-7-8-11-13-26-42(40)46(49-43)45(39-23-17-15-20-34(39)2)41-25-18-16-21-37(41)33-38-22-19-28-44(48-38)36-29-31-47-32-30-36/h4-8,10,12-23,25-32,34H,1,9,11,24,33H2,2-3H3/b6-5-,8-7-,12-10-,26-13?,27-14-,45-39+. The smallest absolute Gasteiger partial charge is 0.0793 e. The summed E-state index contributed by atoms with van der Waals surface area (Å²) >= 11 is 0. The van der Waals surface area contributed by atoms with E-state index in [0.29, 0.717) is 6.42 Å². The molecule has 0 saturated carbocycles. The van der Waals surface area contributed by atoms with Gasteiger partial charge in [-0.1, -0.05) is 129 Å². The molecule has 4 aromatic rings. The lowest BCUT2D eigenvalue weighted by atomic mass is 9.81. The Morgan fingerprint density at radius 2 is 1.73 bits per heavy atom. The Hall–Kier alpha value is -5.67. The number of nitrogens with zero attached hydrogens (tertiary/aromatic N) is 3. The topological polar surface area (TPSA) is 38.7 Å². The summed E-state index contributed by atoms with van der Waals surface area (Å²) in [5, 5.41) is 0. The maximum absolute atomic E-state index is 5.56. The Labute approximate surface area is 291 Å². The Balaban J connectivity index is 1.56. The van der Waals surface area contributed by atoms with E-state index in [4.69, 9.17) is 9.97 Å². The summed E-state index contributed by atoms with van der Waals surface area (Å²) in [5.41, 5.74) is 13.6. The van der Waals surface area contributed by atoms with Crippen LogP contribution >= 0.6 is 0 Å². The molecule has 0 amide bonds. The second-order valence-corrected chi connectivity index (χ2v) is 12.3. The van der Waals surface area contributed by atoms with Gasteiger partial charge in [-0.3, -0.25) is 9.97 Å². The lowest BCUT2D eigenvalue weighted by Gasteiger charge is -2.24. The van der Waals surface area contributed by atoms with Crippen LogP contribution in [0.5, 0.6) is 0 Å². The normalized spacial score (nSPS) is 18.0. The highest BCUT2D eigenvalue weighted by Crippen LogP contribution is 2.39. The van der Waals surface area contributed by atoms with E-state index in [0.717, 1.165) is 47.6 Å². The molecule has 1 atom stereocenters. The zero-order chi connectivity index (χ0) is 33.8. The van der Waals surface area contributed by atoms with Gasteiger partial charge in [0.15, 0.2) is 0 Å². The molecule has 2 aliphatic carbocycles. The van der Waals surface area contributed by atoms with Crippen LogP contribution in [0.25, 0.3) is 29.0 Å². The van der Waals surface area contributed by atoms with Gasteiger partial charge in [0.25, 0.3) is 0 Å². The number of benzene rings is 1. The molecule has 0 radical (unpaired) electrons. The van der Waals surface area contributed by atoms with Crippen molar-refractivity contribution in [3.8, 4) is 11.3 Å². The molecular formula is C46H43N3. The average Bonchev–Trinajstić information content (AvgIpc) is 3.13. The van der Waals surface area contributed by atoms with Gasteiger partial charge in [-0.05, 0) is 90.3 Å². The van der Waals surface area contributed by atoms with Crippen LogP contribution in [-0.2, 0) is 12.8 Å². The molecule has 242 valence electrons. The van der Waals surface area contributed by atoms with Gasteiger partial charge in [-0.2, -0.15) is 0 Å². The molecule has 1 aromatic carbocycles. The van der Waals surface area contributed by atoms with Crippen molar-refractivity contribution < 1.29 is 0 Å². The van der Waals surface area contributed by atoms with Crippen molar-refractivity contribution in [1.29, 1.82) is 0 Å². The van der Waals surface area contributed by atoms with Gasteiger partial charge in [-0.15, -0.1) is 0 Å². The first kappa shape index (κ1) is 33.2. The van der Waals surface area contributed by atoms with Crippen molar-refractivity contribution in [1.82, 2.24) is 15.0 Å². The van der Waals surface area contributed by atoms with E-state index in [9.17, 15) is 0 Å². The molecule has 0 N–H and O–H groups in total. The SMILES string of the molecule is C=C/C=C\C/C=C\c1nc(/C(=C2\C=CC=CC2C)c2ccccc2Cc2cccc(-c3ccncc3)n2)c2c(c1C)C/C=C\C=C/CC=C2. The molecule has 3 heterocycles. The molecule has 3 heteroatoms. The number of rotatable bonds is 9. The van der Waals surface area contributed by atoms with Crippen LogP contribution in [0.15, 0.2) is 158 Å². The lowest BCUT2D eigenvalue weighted by molar-refractivity contribution is 0.883. The molecule has 3 nitrogen and oxygen atoms in total. The predicted octanol–water partition coefficient (Wildman–Crippen LogP) is 11.2. The number of hydrogen-bond donors (Lipinski definition) is 0. The Morgan fingerprint density at radius 1 is 0.878 bits per heavy atom. The summed E-state index contributed by atoms with van der Waals surface area (Å²) in [6.45, 7) is 8.30. The minimum absolute atomic E-state index is 0.217. The van der Waals surface area contributed by atoms with E-state index in [-0.39, 0.29) is 5.92 Å². The largest absolute Gasteiger partial charge is 0.265 e. The molecule has 2 aliphatic rings. The fraction of sp³-hybridized carbons (Fsp3) is 0.152. The molecule has 1 unspecified atom stereocenters. The van der Waals surface area contributed by atoms with Crippen LogP contribution in [0, 0.1) is 12.8 Å². The third kappa shape index (κ3) is 8.08. The molecule has 3 aromatic heterocycles. The summed E-state index contributed by atoms with van der Waals surface area (Å²) in [5.74, 6) is 0.217. The summed E-state index contributed by atoms with van der Waals surface area (Å²) in [4.78, 5) is 14.8. The summed E-state index contributed by atoms with van der Waals surface area (Å²) < 4.78 is 0. The van der Waals surface area contributed by atoms with E-state index >= 15 is 0 Å². The maximum atomic E-state index is 5.56. The van der Waals surface area contributed by atoms with Crippen molar-refractivity contribution in [3.05, 3.63) is 203 Å². The third-order valence-electron chi connectivity index (χ3n) is 8.98. The highest BCUT2D eigenvalue weighted by Gasteiger charge is 2.24. The summed E-state index contributed by atoms with van der Waals surface area (Å²) in [7, 11) is 0. The van der Waals surface area contributed by atoms with Crippen molar-refractivity contribution in [2.75, 3.05) is 0 Å². The first-order valence-corrected chi connectivity index (χ1v) is 17.1. The molecular weight excluding hydrogens is 595 g/mol. The second-order valence-electron chi connectivity index (χ2n) is 12.3. The molecule has 0 saturated heterocycles. The van der Waals surface area contributed by atoms with Gasteiger partial charge in [0, 0.05) is 41.2 Å². The minimum atomic E-state index is 0.217. The lowest BCUT2D eigenvalue weighted by Crippen LogP contribution is -2.11.